The number of rotatable bonds is 4. The summed E-state index contributed by atoms with van der Waals surface area (Å²) < 4.78 is 0. The molecular weight excluding hydrogens is 304 g/mol. The molecule has 0 bridgehead atoms. The van der Waals surface area contributed by atoms with Crippen molar-refractivity contribution in [2.24, 2.45) is 0 Å². The van der Waals surface area contributed by atoms with Crippen molar-refractivity contribution in [3.8, 4) is 0 Å². The summed E-state index contributed by atoms with van der Waals surface area (Å²) in [5.74, 6) is -0.0173. The first-order valence-corrected chi connectivity index (χ1v) is 8.16. The third-order valence-electron chi connectivity index (χ3n) is 4.42. The fraction of sp³-hybridized carbons (Fsp3) is 0.389. The summed E-state index contributed by atoms with van der Waals surface area (Å²) in [6.07, 6.45) is 2.53. The van der Waals surface area contributed by atoms with Gasteiger partial charge in [-0.3, -0.25) is 9.69 Å². The van der Waals surface area contributed by atoms with E-state index in [1.54, 1.807) is 6.20 Å². The molecule has 2 aromatic rings. The Morgan fingerprint density at radius 3 is 2.58 bits per heavy atom. The summed E-state index contributed by atoms with van der Waals surface area (Å²) in [6, 6.07) is 9.67. The Hall–Kier alpha value is -2.31. The lowest BCUT2D eigenvalue weighted by Crippen LogP contribution is -2.49. The van der Waals surface area contributed by atoms with Crippen LogP contribution in [0.25, 0.3) is 0 Å². The zero-order chi connectivity index (χ0) is 16.9. The number of hydrogen-bond donors (Lipinski definition) is 1. The van der Waals surface area contributed by atoms with Gasteiger partial charge in [-0.15, -0.1) is 0 Å². The molecule has 1 unspecified atom stereocenters. The van der Waals surface area contributed by atoms with Crippen molar-refractivity contribution in [3.05, 3.63) is 59.7 Å². The summed E-state index contributed by atoms with van der Waals surface area (Å²) in [7, 11) is 0. The SMILES string of the molecule is Cc1ncncc1C(=O)N1CCN(CC(O)c2ccccc2)CC1. The maximum absolute atomic E-state index is 12.5. The topological polar surface area (TPSA) is 69.6 Å². The Morgan fingerprint density at radius 2 is 1.92 bits per heavy atom. The molecule has 1 aromatic heterocycles. The van der Waals surface area contributed by atoms with E-state index in [4.69, 9.17) is 0 Å². The van der Waals surface area contributed by atoms with Gasteiger partial charge in [0.15, 0.2) is 0 Å². The lowest BCUT2D eigenvalue weighted by Gasteiger charge is -2.35. The quantitative estimate of drug-likeness (QED) is 0.916. The van der Waals surface area contributed by atoms with E-state index in [1.165, 1.54) is 6.33 Å². The number of nitrogens with zero attached hydrogens (tertiary/aromatic N) is 4. The molecule has 0 aliphatic carbocycles. The Morgan fingerprint density at radius 1 is 1.21 bits per heavy atom. The van der Waals surface area contributed by atoms with Crippen LogP contribution in [-0.4, -0.2) is 63.5 Å². The summed E-state index contributed by atoms with van der Waals surface area (Å²) in [5, 5.41) is 10.3. The minimum absolute atomic E-state index is 0.0173. The van der Waals surface area contributed by atoms with E-state index in [1.807, 2.05) is 42.2 Å². The van der Waals surface area contributed by atoms with Gasteiger partial charge >= 0.3 is 0 Å². The molecule has 1 aromatic carbocycles. The number of aromatic nitrogens is 2. The van der Waals surface area contributed by atoms with Crippen LogP contribution in [0.2, 0.25) is 0 Å². The molecule has 0 spiro atoms. The Labute approximate surface area is 141 Å². The number of carbonyl (C=O) groups is 1. The number of aliphatic hydroxyl groups is 1. The van der Waals surface area contributed by atoms with E-state index in [9.17, 15) is 9.90 Å². The van der Waals surface area contributed by atoms with Crippen LogP contribution < -0.4 is 0 Å². The first kappa shape index (κ1) is 16.5. The monoisotopic (exact) mass is 326 g/mol. The predicted octanol–water partition coefficient (Wildman–Crippen LogP) is 1.28. The van der Waals surface area contributed by atoms with Crippen molar-refractivity contribution < 1.29 is 9.90 Å². The first-order valence-electron chi connectivity index (χ1n) is 8.16. The van der Waals surface area contributed by atoms with E-state index < -0.39 is 6.10 Å². The van der Waals surface area contributed by atoms with Crippen molar-refractivity contribution >= 4 is 5.91 Å². The van der Waals surface area contributed by atoms with E-state index in [-0.39, 0.29) is 5.91 Å². The summed E-state index contributed by atoms with van der Waals surface area (Å²) in [6.45, 7) is 5.20. The van der Waals surface area contributed by atoms with Gasteiger partial charge < -0.3 is 10.0 Å². The maximum Gasteiger partial charge on any atom is 0.257 e. The number of aryl methyl sites for hydroxylation is 1. The molecule has 1 atom stereocenters. The summed E-state index contributed by atoms with van der Waals surface area (Å²) >= 11 is 0. The molecule has 3 rings (SSSR count). The zero-order valence-electron chi connectivity index (χ0n) is 13.8. The lowest BCUT2D eigenvalue weighted by molar-refractivity contribution is 0.0526. The van der Waals surface area contributed by atoms with Crippen LogP contribution in [0.1, 0.15) is 27.7 Å². The lowest BCUT2D eigenvalue weighted by atomic mass is 10.1. The fourth-order valence-electron chi connectivity index (χ4n) is 2.93. The average Bonchev–Trinajstić information content (AvgIpc) is 2.63. The third kappa shape index (κ3) is 3.77. The van der Waals surface area contributed by atoms with Crippen LogP contribution >= 0.6 is 0 Å². The van der Waals surface area contributed by atoms with Crippen molar-refractivity contribution in [3.63, 3.8) is 0 Å². The highest BCUT2D eigenvalue weighted by Gasteiger charge is 2.24. The maximum atomic E-state index is 12.5. The second-order valence-corrected chi connectivity index (χ2v) is 6.04. The van der Waals surface area contributed by atoms with Crippen molar-refractivity contribution in [1.29, 1.82) is 0 Å². The van der Waals surface area contributed by atoms with Crippen LogP contribution in [0.4, 0.5) is 0 Å². The molecule has 126 valence electrons. The highest BCUT2D eigenvalue weighted by atomic mass is 16.3. The normalized spacial score (nSPS) is 16.8. The van der Waals surface area contributed by atoms with E-state index in [0.717, 1.165) is 18.7 Å². The number of amides is 1. The number of β-amino-alcohol motifs (C(OH)–C–C–N with tert-alkyl or cyclic N) is 1. The summed E-state index contributed by atoms with van der Waals surface area (Å²) in [4.78, 5) is 24.6. The van der Waals surface area contributed by atoms with Crippen LogP contribution in [-0.2, 0) is 0 Å². The predicted molar refractivity (Wildman–Crippen MR) is 90.5 cm³/mol. The third-order valence-corrected chi connectivity index (χ3v) is 4.42. The smallest absolute Gasteiger partial charge is 0.257 e. The second-order valence-electron chi connectivity index (χ2n) is 6.04. The minimum atomic E-state index is -0.502. The van der Waals surface area contributed by atoms with E-state index in [0.29, 0.717) is 30.9 Å². The highest BCUT2D eigenvalue weighted by molar-refractivity contribution is 5.94. The van der Waals surface area contributed by atoms with Crippen molar-refractivity contribution in [2.75, 3.05) is 32.7 Å². The largest absolute Gasteiger partial charge is 0.387 e. The molecule has 1 amide bonds. The second kappa shape index (κ2) is 7.51. The molecule has 0 radical (unpaired) electrons. The zero-order valence-corrected chi connectivity index (χ0v) is 13.8. The van der Waals surface area contributed by atoms with Gasteiger partial charge in [-0.25, -0.2) is 9.97 Å². The van der Waals surface area contributed by atoms with Gasteiger partial charge in [-0.2, -0.15) is 0 Å². The van der Waals surface area contributed by atoms with Crippen LogP contribution in [0, 0.1) is 6.92 Å². The number of piperazine rings is 1. The van der Waals surface area contributed by atoms with Gasteiger partial charge in [0.25, 0.3) is 5.91 Å². The number of hydrogen-bond acceptors (Lipinski definition) is 5. The number of aliphatic hydroxyl groups excluding tert-OH is 1. The minimum Gasteiger partial charge on any atom is -0.387 e. The standard InChI is InChI=1S/C18H22N4O2/c1-14-16(11-19-13-20-14)18(24)22-9-7-21(8-10-22)12-17(23)15-5-3-2-4-6-15/h2-6,11,13,17,23H,7-10,12H2,1H3. The van der Waals surface area contributed by atoms with Gasteiger partial charge in [0.05, 0.1) is 17.4 Å². The number of benzene rings is 1. The molecule has 6 heteroatoms. The van der Waals surface area contributed by atoms with Gasteiger partial charge in [-0.05, 0) is 12.5 Å². The average molecular weight is 326 g/mol. The fourth-order valence-corrected chi connectivity index (χ4v) is 2.93. The Bertz CT molecular complexity index is 684. The Balaban J connectivity index is 1.54. The molecule has 24 heavy (non-hydrogen) atoms. The van der Waals surface area contributed by atoms with Crippen LogP contribution in [0.5, 0.6) is 0 Å². The molecular formula is C18H22N4O2. The molecule has 2 heterocycles. The van der Waals surface area contributed by atoms with Crippen LogP contribution in [0.3, 0.4) is 0 Å². The van der Waals surface area contributed by atoms with E-state index >= 15 is 0 Å². The highest BCUT2D eigenvalue weighted by Crippen LogP contribution is 2.16. The Kier molecular flexibility index (Phi) is 5.17. The van der Waals surface area contributed by atoms with Gasteiger partial charge in [0.1, 0.15) is 6.33 Å². The molecule has 1 fully saturated rings. The molecule has 1 saturated heterocycles. The molecule has 0 saturated carbocycles. The van der Waals surface area contributed by atoms with Gasteiger partial charge in [0, 0.05) is 38.9 Å². The molecule has 1 aliphatic rings. The molecule has 1 aliphatic heterocycles. The molecule has 6 nitrogen and oxygen atoms in total. The summed E-state index contributed by atoms with van der Waals surface area (Å²) in [5.41, 5.74) is 2.19. The van der Waals surface area contributed by atoms with Gasteiger partial charge in [0.2, 0.25) is 0 Å². The molecule has 1 N–H and O–H groups in total. The van der Waals surface area contributed by atoms with Crippen LogP contribution in [0.15, 0.2) is 42.9 Å². The number of carbonyl (C=O) groups excluding carboxylic acids is 1. The van der Waals surface area contributed by atoms with E-state index in [2.05, 4.69) is 14.9 Å². The van der Waals surface area contributed by atoms with Crippen molar-refractivity contribution in [2.45, 2.75) is 13.0 Å². The van der Waals surface area contributed by atoms with Crippen molar-refractivity contribution in [1.82, 2.24) is 19.8 Å². The first-order chi connectivity index (χ1) is 11.6. The van der Waals surface area contributed by atoms with Gasteiger partial charge in [-0.1, -0.05) is 30.3 Å².